The Morgan fingerprint density at radius 3 is 1.39 bits per heavy atom. The first kappa shape index (κ1) is 30.2. The van der Waals surface area contributed by atoms with Crippen LogP contribution in [-0.2, 0) is 43.1 Å². The molecule has 0 unspecified atom stereocenters. The molecule has 0 rings (SSSR count). The van der Waals surface area contributed by atoms with Gasteiger partial charge in [0.15, 0.2) is 0 Å². The van der Waals surface area contributed by atoms with Crippen LogP contribution in [0.3, 0.4) is 0 Å². The third-order valence-corrected chi connectivity index (χ3v) is 3.09. The lowest BCUT2D eigenvalue weighted by Gasteiger charge is -2.07. The normalized spacial score (nSPS) is 9.48. The average Bonchev–Trinajstić information content (AvgIpc) is 2.70. The van der Waals surface area contributed by atoms with Crippen LogP contribution in [0.2, 0.25) is 0 Å². The fourth-order valence-electron chi connectivity index (χ4n) is 1.74. The molecule has 0 atom stereocenters. The summed E-state index contributed by atoms with van der Waals surface area (Å²) >= 11 is 0. The molecule has 12 heteroatoms. The van der Waals surface area contributed by atoms with Crippen molar-refractivity contribution in [1.29, 1.82) is 0 Å². The maximum Gasteiger partial charge on any atom is 0.327 e. The maximum absolute atomic E-state index is 11.4. The summed E-state index contributed by atoms with van der Waals surface area (Å²) in [5, 5.41) is 7.60. The average molecular weight is 448 g/mol. The fourth-order valence-corrected chi connectivity index (χ4v) is 1.74. The molecule has 0 saturated carbocycles. The number of aliphatic carboxylic acids is 1. The number of amides is 2. The van der Waals surface area contributed by atoms with Crippen molar-refractivity contribution in [3.05, 3.63) is 12.7 Å². The molecule has 2 amide bonds. The van der Waals surface area contributed by atoms with E-state index in [0.29, 0.717) is 25.7 Å². The minimum absolute atomic E-state index is 0.0884. The smallest absolute Gasteiger partial charge is 0.327 e. The predicted octanol–water partition coefficient (Wildman–Crippen LogP) is 0.806. The van der Waals surface area contributed by atoms with Gasteiger partial charge in [-0.15, -0.1) is 0 Å². The molecule has 0 bridgehead atoms. The third-order valence-electron chi connectivity index (χ3n) is 3.09. The Balaban J connectivity index is 0. The molecule has 0 aliphatic carbocycles. The standard InChI is InChI=1S/C16H28N2O8.C3H4O2/c1-13(19)23-9-11-25-17-15(21)7-5-3-4-6-8-16(22)18-26-12-10-24-14(2)20;1-2-3(4)5/h3-12H2,1-2H3,(H,17,21)(H,18,22);2H,1H2,(H,4,5). The Bertz CT molecular complexity index is 526. The number of carbonyl (C=O) groups is 5. The molecular formula is C19H32N2O10. The Morgan fingerprint density at radius 2 is 1.10 bits per heavy atom. The van der Waals surface area contributed by atoms with Crippen LogP contribution in [0.4, 0.5) is 0 Å². The first-order valence-electron chi connectivity index (χ1n) is 9.62. The third kappa shape index (κ3) is 29.3. The number of ether oxygens (including phenoxy) is 2. The van der Waals surface area contributed by atoms with Crippen LogP contribution >= 0.6 is 0 Å². The van der Waals surface area contributed by atoms with E-state index >= 15 is 0 Å². The van der Waals surface area contributed by atoms with Gasteiger partial charge in [0.25, 0.3) is 0 Å². The van der Waals surface area contributed by atoms with Crippen molar-refractivity contribution in [1.82, 2.24) is 11.0 Å². The first-order valence-corrected chi connectivity index (χ1v) is 9.62. The van der Waals surface area contributed by atoms with Gasteiger partial charge in [-0.1, -0.05) is 19.4 Å². The van der Waals surface area contributed by atoms with Gasteiger partial charge >= 0.3 is 17.9 Å². The molecule has 0 radical (unpaired) electrons. The van der Waals surface area contributed by atoms with E-state index in [1.807, 2.05) is 0 Å². The van der Waals surface area contributed by atoms with Gasteiger partial charge in [0.2, 0.25) is 11.8 Å². The van der Waals surface area contributed by atoms with Crippen LogP contribution in [0.1, 0.15) is 52.4 Å². The lowest BCUT2D eigenvalue weighted by atomic mass is 10.1. The number of hydroxylamine groups is 2. The van der Waals surface area contributed by atoms with Gasteiger partial charge in [-0.3, -0.25) is 28.9 Å². The molecule has 0 spiro atoms. The topological polar surface area (TPSA) is 167 Å². The van der Waals surface area contributed by atoms with Gasteiger partial charge in [-0.05, 0) is 12.8 Å². The number of unbranched alkanes of at least 4 members (excludes halogenated alkanes) is 3. The summed E-state index contributed by atoms with van der Waals surface area (Å²) in [6.45, 7) is 5.92. The molecule has 0 heterocycles. The van der Waals surface area contributed by atoms with E-state index in [2.05, 4.69) is 27.0 Å². The molecule has 12 nitrogen and oxygen atoms in total. The summed E-state index contributed by atoms with van der Waals surface area (Å²) in [5.41, 5.74) is 4.53. The zero-order chi connectivity index (χ0) is 23.9. The number of carboxylic acid groups (broad SMARTS) is 1. The highest BCUT2D eigenvalue weighted by atomic mass is 16.7. The number of esters is 2. The van der Waals surface area contributed by atoms with Gasteiger partial charge in [-0.25, -0.2) is 15.8 Å². The van der Waals surface area contributed by atoms with Crippen molar-refractivity contribution in [2.45, 2.75) is 52.4 Å². The van der Waals surface area contributed by atoms with E-state index in [4.69, 9.17) is 14.8 Å². The molecule has 178 valence electrons. The minimum atomic E-state index is -0.981. The van der Waals surface area contributed by atoms with Gasteiger partial charge in [0.1, 0.15) is 26.4 Å². The van der Waals surface area contributed by atoms with Crippen molar-refractivity contribution in [2.24, 2.45) is 0 Å². The number of nitrogens with one attached hydrogen (secondary N) is 2. The summed E-state index contributed by atoms with van der Waals surface area (Å²) in [6, 6.07) is 0. The van der Waals surface area contributed by atoms with Gasteiger partial charge < -0.3 is 14.6 Å². The van der Waals surface area contributed by atoms with Crippen LogP contribution in [0.15, 0.2) is 12.7 Å². The first-order chi connectivity index (χ1) is 14.7. The van der Waals surface area contributed by atoms with E-state index in [0.717, 1.165) is 18.9 Å². The number of rotatable bonds is 16. The monoisotopic (exact) mass is 448 g/mol. The SMILES string of the molecule is C=CC(=O)O.CC(=O)OCCONC(=O)CCCCCCC(=O)NOCCOC(C)=O. The largest absolute Gasteiger partial charge is 0.478 e. The van der Waals surface area contributed by atoms with Crippen molar-refractivity contribution in [3.63, 3.8) is 0 Å². The molecule has 31 heavy (non-hydrogen) atoms. The van der Waals surface area contributed by atoms with Crippen LogP contribution < -0.4 is 11.0 Å². The van der Waals surface area contributed by atoms with E-state index in [-0.39, 0.29) is 38.2 Å². The zero-order valence-corrected chi connectivity index (χ0v) is 18.0. The number of carbonyl (C=O) groups excluding carboxylic acids is 4. The predicted molar refractivity (Wildman–Crippen MR) is 107 cm³/mol. The second-order valence-electron chi connectivity index (χ2n) is 5.88. The number of hydrogen-bond donors (Lipinski definition) is 3. The molecule has 0 aliphatic heterocycles. The minimum Gasteiger partial charge on any atom is -0.478 e. The van der Waals surface area contributed by atoms with Crippen LogP contribution in [0, 0.1) is 0 Å². The highest BCUT2D eigenvalue weighted by Crippen LogP contribution is 2.05. The summed E-state index contributed by atoms with van der Waals surface area (Å²) in [4.78, 5) is 62.8. The summed E-state index contributed by atoms with van der Waals surface area (Å²) < 4.78 is 9.28. The molecule has 0 aliphatic rings. The van der Waals surface area contributed by atoms with Crippen LogP contribution in [0.25, 0.3) is 0 Å². The quantitative estimate of drug-likeness (QED) is 0.133. The highest BCUT2D eigenvalue weighted by molar-refractivity contribution is 5.78. The number of hydrogen-bond acceptors (Lipinski definition) is 9. The Labute approximate surface area is 181 Å². The second kappa shape index (κ2) is 21.7. The van der Waals surface area contributed by atoms with Crippen LogP contribution in [0.5, 0.6) is 0 Å². The Morgan fingerprint density at radius 1 is 0.742 bits per heavy atom. The van der Waals surface area contributed by atoms with E-state index in [1.165, 1.54) is 13.8 Å². The molecule has 0 aromatic rings. The van der Waals surface area contributed by atoms with Crippen molar-refractivity contribution < 1.29 is 48.2 Å². The lowest BCUT2D eigenvalue weighted by Crippen LogP contribution is -2.25. The second-order valence-corrected chi connectivity index (χ2v) is 5.88. The molecule has 3 N–H and O–H groups in total. The fraction of sp³-hybridized carbons (Fsp3) is 0.632. The van der Waals surface area contributed by atoms with Crippen molar-refractivity contribution in [3.8, 4) is 0 Å². The number of carboxylic acids is 1. The lowest BCUT2D eigenvalue weighted by molar-refractivity contribution is -0.146. The maximum atomic E-state index is 11.4. The molecule has 0 aromatic carbocycles. The molecule has 0 fully saturated rings. The van der Waals surface area contributed by atoms with Crippen molar-refractivity contribution in [2.75, 3.05) is 26.4 Å². The van der Waals surface area contributed by atoms with Crippen molar-refractivity contribution >= 4 is 29.7 Å². The van der Waals surface area contributed by atoms with Gasteiger partial charge in [0, 0.05) is 32.8 Å². The van der Waals surface area contributed by atoms with E-state index < -0.39 is 17.9 Å². The molecule has 0 saturated heterocycles. The molecule has 0 aromatic heterocycles. The summed E-state index contributed by atoms with van der Waals surface area (Å²) in [6.07, 6.45) is 4.44. The Kier molecular flexibility index (Phi) is 21.2. The van der Waals surface area contributed by atoms with E-state index in [1.54, 1.807) is 0 Å². The zero-order valence-electron chi connectivity index (χ0n) is 18.0. The van der Waals surface area contributed by atoms with Gasteiger partial charge in [0.05, 0.1) is 0 Å². The van der Waals surface area contributed by atoms with Crippen LogP contribution in [-0.4, -0.2) is 61.3 Å². The summed E-state index contributed by atoms with van der Waals surface area (Å²) in [5.74, 6) is -2.27. The van der Waals surface area contributed by atoms with Gasteiger partial charge in [-0.2, -0.15) is 0 Å². The highest BCUT2D eigenvalue weighted by Gasteiger charge is 2.04. The summed E-state index contributed by atoms with van der Waals surface area (Å²) in [7, 11) is 0. The Hall–Kier alpha value is -2.99. The molecular weight excluding hydrogens is 416 g/mol. The van der Waals surface area contributed by atoms with E-state index in [9.17, 15) is 24.0 Å².